The van der Waals surface area contributed by atoms with E-state index in [0.717, 1.165) is 30.7 Å². The summed E-state index contributed by atoms with van der Waals surface area (Å²) in [6.07, 6.45) is 0.887. The number of rotatable bonds is 2. The Kier molecular flexibility index (Phi) is 3.46. The predicted molar refractivity (Wildman–Crippen MR) is 83.8 cm³/mol. The highest BCUT2D eigenvalue weighted by Crippen LogP contribution is 2.35. The van der Waals surface area contributed by atoms with Crippen LogP contribution in [0.4, 0.5) is 0 Å². The Labute approximate surface area is 131 Å². The molecule has 0 fully saturated rings. The van der Waals surface area contributed by atoms with Crippen molar-refractivity contribution in [2.45, 2.75) is 6.42 Å². The summed E-state index contributed by atoms with van der Waals surface area (Å²) in [6.45, 7) is 0.668. The number of halogens is 2. The molecular formula is C13H8BrIO2S. The molecule has 0 radical (unpaired) electrons. The topological polar surface area (TPSA) is 26.3 Å². The lowest BCUT2D eigenvalue weighted by Gasteiger charge is -2.07. The summed E-state index contributed by atoms with van der Waals surface area (Å²) in [5.41, 5.74) is 1.82. The summed E-state index contributed by atoms with van der Waals surface area (Å²) in [7, 11) is 0. The maximum atomic E-state index is 12.5. The largest absolute Gasteiger partial charge is 0.492 e. The Hall–Kier alpha value is -0.400. The van der Waals surface area contributed by atoms with Crippen molar-refractivity contribution in [2.75, 3.05) is 6.61 Å². The van der Waals surface area contributed by atoms with Crippen LogP contribution in [-0.4, -0.2) is 12.4 Å². The quantitative estimate of drug-likeness (QED) is 0.520. The van der Waals surface area contributed by atoms with E-state index in [4.69, 9.17) is 4.74 Å². The van der Waals surface area contributed by atoms with E-state index in [1.54, 1.807) is 0 Å². The van der Waals surface area contributed by atoms with Crippen LogP contribution in [0.2, 0.25) is 0 Å². The third-order valence-electron chi connectivity index (χ3n) is 2.82. The molecule has 0 aliphatic carbocycles. The molecule has 2 heterocycles. The van der Waals surface area contributed by atoms with Crippen LogP contribution in [0.25, 0.3) is 0 Å². The van der Waals surface area contributed by atoms with Gasteiger partial charge < -0.3 is 4.74 Å². The molecule has 3 rings (SSSR count). The first-order valence-corrected chi connectivity index (χ1v) is 8.15. The molecule has 1 aliphatic rings. The molecule has 92 valence electrons. The SMILES string of the molecule is O=C(c1cc(I)cc2c1OCC2)c1sccc1Br. The van der Waals surface area contributed by atoms with Crippen molar-refractivity contribution in [3.8, 4) is 5.75 Å². The molecule has 0 unspecified atom stereocenters. The van der Waals surface area contributed by atoms with Gasteiger partial charge in [0.15, 0.2) is 0 Å². The monoisotopic (exact) mass is 434 g/mol. The van der Waals surface area contributed by atoms with E-state index in [1.165, 1.54) is 11.3 Å². The number of carbonyl (C=O) groups is 1. The van der Waals surface area contributed by atoms with Crippen LogP contribution in [0.3, 0.4) is 0 Å². The zero-order valence-corrected chi connectivity index (χ0v) is 13.8. The van der Waals surface area contributed by atoms with E-state index < -0.39 is 0 Å². The Morgan fingerprint density at radius 1 is 1.44 bits per heavy atom. The zero-order valence-electron chi connectivity index (χ0n) is 9.20. The molecule has 2 aromatic rings. The second kappa shape index (κ2) is 4.94. The highest BCUT2D eigenvalue weighted by molar-refractivity contribution is 14.1. The first kappa shape index (κ1) is 12.6. The molecular weight excluding hydrogens is 427 g/mol. The molecule has 1 aromatic carbocycles. The van der Waals surface area contributed by atoms with E-state index in [9.17, 15) is 4.79 Å². The van der Waals surface area contributed by atoms with E-state index in [1.807, 2.05) is 17.5 Å². The summed E-state index contributed by atoms with van der Waals surface area (Å²) >= 11 is 7.10. The zero-order chi connectivity index (χ0) is 12.7. The summed E-state index contributed by atoms with van der Waals surface area (Å²) in [6, 6.07) is 5.88. The molecule has 0 atom stereocenters. The van der Waals surface area contributed by atoms with Gasteiger partial charge >= 0.3 is 0 Å². The number of thiophene rings is 1. The summed E-state index contributed by atoms with van der Waals surface area (Å²) in [5, 5.41) is 1.91. The summed E-state index contributed by atoms with van der Waals surface area (Å²) in [5.74, 6) is 0.800. The van der Waals surface area contributed by atoms with Crippen LogP contribution in [0.1, 0.15) is 20.8 Å². The van der Waals surface area contributed by atoms with Crippen LogP contribution in [-0.2, 0) is 6.42 Å². The number of benzene rings is 1. The van der Waals surface area contributed by atoms with E-state index in [2.05, 4.69) is 44.6 Å². The number of carbonyl (C=O) groups excluding carboxylic acids is 1. The minimum atomic E-state index is 0.0357. The van der Waals surface area contributed by atoms with Gasteiger partial charge in [0.1, 0.15) is 5.75 Å². The molecule has 1 aliphatic heterocycles. The molecule has 2 nitrogen and oxygen atoms in total. The standard InChI is InChI=1S/C13H8BrIO2S/c14-10-2-4-18-13(10)11(16)9-6-8(15)5-7-1-3-17-12(7)9/h2,4-6H,1,3H2. The highest BCUT2D eigenvalue weighted by Gasteiger charge is 2.24. The van der Waals surface area contributed by atoms with E-state index >= 15 is 0 Å². The predicted octanol–water partition coefficient (Wildman–Crippen LogP) is 4.28. The minimum absolute atomic E-state index is 0.0357. The minimum Gasteiger partial charge on any atom is -0.492 e. The van der Waals surface area contributed by atoms with Crippen molar-refractivity contribution in [3.05, 3.63) is 47.6 Å². The van der Waals surface area contributed by atoms with Gasteiger partial charge in [-0.25, -0.2) is 0 Å². The molecule has 0 amide bonds. The van der Waals surface area contributed by atoms with Crippen molar-refractivity contribution in [1.82, 2.24) is 0 Å². The van der Waals surface area contributed by atoms with Crippen molar-refractivity contribution in [3.63, 3.8) is 0 Å². The molecule has 0 spiro atoms. The van der Waals surface area contributed by atoms with Crippen LogP contribution in [0, 0.1) is 3.57 Å². The molecule has 0 saturated carbocycles. The molecule has 18 heavy (non-hydrogen) atoms. The third kappa shape index (κ3) is 2.12. The third-order valence-corrected chi connectivity index (χ3v) is 5.28. The second-order valence-corrected chi connectivity index (χ2v) is 6.98. The maximum Gasteiger partial charge on any atom is 0.207 e. The normalized spacial score (nSPS) is 13.2. The Morgan fingerprint density at radius 2 is 2.28 bits per heavy atom. The van der Waals surface area contributed by atoms with Gasteiger partial charge in [-0.05, 0) is 67.7 Å². The van der Waals surface area contributed by atoms with Gasteiger partial charge in [-0.15, -0.1) is 11.3 Å². The number of ether oxygens (including phenoxy) is 1. The Balaban J connectivity index is 2.13. The van der Waals surface area contributed by atoms with Crippen molar-refractivity contribution >= 4 is 55.6 Å². The second-order valence-electron chi connectivity index (χ2n) is 3.97. The smallest absolute Gasteiger partial charge is 0.207 e. The molecule has 0 N–H and O–H groups in total. The summed E-state index contributed by atoms with van der Waals surface area (Å²) in [4.78, 5) is 13.3. The van der Waals surface area contributed by atoms with Crippen LogP contribution in [0.15, 0.2) is 28.1 Å². The van der Waals surface area contributed by atoms with Crippen LogP contribution < -0.4 is 4.74 Å². The first-order chi connectivity index (χ1) is 8.66. The lowest BCUT2D eigenvalue weighted by Crippen LogP contribution is -2.03. The molecule has 1 aromatic heterocycles. The van der Waals surface area contributed by atoms with E-state index in [0.29, 0.717) is 12.2 Å². The van der Waals surface area contributed by atoms with Crippen LogP contribution in [0.5, 0.6) is 5.75 Å². The summed E-state index contributed by atoms with van der Waals surface area (Å²) < 4.78 is 7.54. The fourth-order valence-electron chi connectivity index (χ4n) is 2.02. The van der Waals surface area contributed by atoms with Gasteiger partial charge in [-0.1, -0.05) is 0 Å². The first-order valence-electron chi connectivity index (χ1n) is 5.39. The number of hydrogen-bond acceptors (Lipinski definition) is 3. The lowest BCUT2D eigenvalue weighted by molar-refractivity contribution is 0.103. The van der Waals surface area contributed by atoms with Gasteiger partial charge in [0.2, 0.25) is 5.78 Å². The average molecular weight is 435 g/mol. The number of hydrogen-bond donors (Lipinski definition) is 0. The lowest BCUT2D eigenvalue weighted by atomic mass is 10.0. The number of fused-ring (bicyclic) bond motifs is 1. The van der Waals surface area contributed by atoms with Crippen molar-refractivity contribution in [2.24, 2.45) is 0 Å². The highest BCUT2D eigenvalue weighted by atomic mass is 127. The van der Waals surface area contributed by atoms with Gasteiger partial charge in [0.05, 0.1) is 17.0 Å². The Morgan fingerprint density at radius 3 is 3.00 bits per heavy atom. The molecule has 0 bridgehead atoms. The van der Waals surface area contributed by atoms with Gasteiger partial charge in [-0.3, -0.25) is 4.79 Å². The van der Waals surface area contributed by atoms with Crippen molar-refractivity contribution in [1.29, 1.82) is 0 Å². The fourth-order valence-corrected chi connectivity index (χ4v) is 4.21. The number of ketones is 1. The molecule has 5 heteroatoms. The van der Waals surface area contributed by atoms with Crippen molar-refractivity contribution < 1.29 is 9.53 Å². The van der Waals surface area contributed by atoms with Gasteiger partial charge in [0.25, 0.3) is 0 Å². The van der Waals surface area contributed by atoms with E-state index in [-0.39, 0.29) is 5.78 Å². The van der Waals surface area contributed by atoms with Gasteiger partial charge in [0, 0.05) is 14.5 Å². The fraction of sp³-hybridized carbons (Fsp3) is 0.154. The van der Waals surface area contributed by atoms with Crippen LogP contribution >= 0.6 is 49.9 Å². The van der Waals surface area contributed by atoms with Gasteiger partial charge in [-0.2, -0.15) is 0 Å². The maximum absolute atomic E-state index is 12.5. The Bertz CT molecular complexity index is 636. The molecule has 0 saturated heterocycles. The average Bonchev–Trinajstić information content (AvgIpc) is 2.95.